The standard InChI is InChI=1S/C13H11Cl2N3/c1-7-9(13(16)17)4-5-12(18-7)10-3-2-8(14)6-11(10)15/h2-6H,1H3,(H3,16,17). The molecule has 0 fully saturated rings. The van der Waals surface area contributed by atoms with Crippen LogP contribution in [0.15, 0.2) is 30.3 Å². The fourth-order valence-corrected chi connectivity index (χ4v) is 2.20. The molecule has 92 valence electrons. The van der Waals surface area contributed by atoms with E-state index in [2.05, 4.69) is 4.98 Å². The number of nitrogens with one attached hydrogen (secondary N) is 1. The highest BCUT2D eigenvalue weighted by molar-refractivity contribution is 6.36. The number of rotatable bonds is 2. The van der Waals surface area contributed by atoms with Crippen LogP contribution in [0.4, 0.5) is 0 Å². The largest absolute Gasteiger partial charge is 0.384 e. The van der Waals surface area contributed by atoms with Crippen molar-refractivity contribution in [3.05, 3.63) is 51.6 Å². The normalized spacial score (nSPS) is 10.4. The Balaban J connectivity index is 2.52. The Labute approximate surface area is 115 Å². The number of benzene rings is 1. The first kappa shape index (κ1) is 12.9. The Morgan fingerprint density at radius 1 is 1.22 bits per heavy atom. The second kappa shape index (κ2) is 4.96. The zero-order chi connectivity index (χ0) is 13.3. The molecule has 1 aromatic heterocycles. The Kier molecular flexibility index (Phi) is 3.55. The van der Waals surface area contributed by atoms with Gasteiger partial charge in [-0.2, -0.15) is 0 Å². The molecule has 18 heavy (non-hydrogen) atoms. The summed E-state index contributed by atoms with van der Waals surface area (Å²) < 4.78 is 0. The summed E-state index contributed by atoms with van der Waals surface area (Å²) in [6.45, 7) is 1.81. The van der Waals surface area contributed by atoms with Crippen molar-refractivity contribution in [1.82, 2.24) is 4.98 Å². The van der Waals surface area contributed by atoms with Gasteiger partial charge in [0.1, 0.15) is 5.84 Å². The monoisotopic (exact) mass is 279 g/mol. The van der Waals surface area contributed by atoms with E-state index in [1.807, 2.05) is 13.0 Å². The maximum Gasteiger partial charge on any atom is 0.124 e. The van der Waals surface area contributed by atoms with E-state index in [-0.39, 0.29) is 5.84 Å². The lowest BCUT2D eigenvalue weighted by Crippen LogP contribution is -2.13. The Hall–Kier alpha value is -1.58. The summed E-state index contributed by atoms with van der Waals surface area (Å²) in [6.07, 6.45) is 0. The van der Waals surface area contributed by atoms with Crippen molar-refractivity contribution in [2.45, 2.75) is 6.92 Å². The van der Waals surface area contributed by atoms with E-state index in [0.717, 1.165) is 11.3 Å². The maximum absolute atomic E-state index is 7.42. The van der Waals surface area contributed by atoms with Gasteiger partial charge in [-0.25, -0.2) is 0 Å². The summed E-state index contributed by atoms with van der Waals surface area (Å²) in [5, 5.41) is 8.55. The molecule has 0 amide bonds. The first-order valence-electron chi connectivity index (χ1n) is 5.26. The van der Waals surface area contributed by atoms with Crippen LogP contribution in [-0.2, 0) is 0 Å². The number of hydrogen-bond donors (Lipinski definition) is 2. The first-order valence-corrected chi connectivity index (χ1v) is 6.02. The number of aromatic nitrogens is 1. The smallest absolute Gasteiger partial charge is 0.124 e. The predicted molar refractivity (Wildman–Crippen MR) is 75.4 cm³/mol. The van der Waals surface area contributed by atoms with Crippen molar-refractivity contribution in [3.63, 3.8) is 0 Å². The summed E-state index contributed by atoms with van der Waals surface area (Å²) in [6, 6.07) is 8.82. The van der Waals surface area contributed by atoms with Gasteiger partial charge >= 0.3 is 0 Å². The summed E-state index contributed by atoms with van der Waals surface area (Å²) in [5.74, 6) is 0.00810. The van der Waals surface area contributed by atoms with Crippen molar-refractivity contribution in [3.8, 4) is 11.3 Å². The lowest BCUT2D eigenvalue weighted by atomic mass is 10.1. The van der Waals surface area contributed by atoms with Crippen molar-refractivity contribution in [2.75, 3.05) is 0 Å². The first-order chi connectivity index (χ1) is 8.49. The third-order valence-corrected chi connectivity index (χ3v) is 3.13. The number of halogens is 2. The minimum absolute atomic E-state index is 0.00810. The molecule has 3 N–H and O–H groups in total. The van der Waals surface area contributed by atoms with Gasteiger partial charge in [0.25, 0.3) is 0 Å². The van der Waals surface area contributed by atoms with E-state index < -0.39 is 0 Å². The number of amidine groups is 1. The second-order valence-corrected chi connectivity index (χ2v) is 4.71. The molecule has 0 unspecified atom stereocenters. The lowest BCUT2D eigenvalue weighted by molar-refractivity contribution is 1.18. The quantitative estimate of drug-likeness (QED) is 0.651. The van der Waals surface area contributed by atoms with E-state index in [0.29, 0.717) is 21.3 Å². The van der Waals surface area contributed by atoms with E-state index in [1.165, 1.54) is 0 Å². The van der Waals surface area contributed by atoms with Crippen LogP contribution >= 0.6 is 23.2 Å². The Morgan fingerprint density at radius 3 is 2.50 bits per heavy atom. The Morgan fingerprint density at radius 2 is 1.94 bits per heavy atom. The van der Waals surface area contributed by atoms with Crippen LogP contribution < -0.4 is 5.73 Å². The third-order valence-electron chi connectivity index (χ3n) is 2.58. The molecule has 0 radical (unpaired) electrons. The van der Waals surface area contributed by atoms with Crippen LogP contribution in [0.5, 0.6) is 0 Å². The summed E-state index contributed by atoms with van der Waals surface area (Å²) >= 11 is 12.0. The van der Waals surface area contributed by atoms with Crippen LogP contribution in [0.2, 0.25) is 10.0 Å². The average Bonchev–Trinajstić information content (AvgIpc) is 2.28. The fraction of sp³-hybridized carbons (Fsp3) is 0.0769. The van der Waals surface area contributed by atoms with Crippen LogP contribution in [0.1, 0.15) is 11.3 Å². The number of pyridine rings is 1. The van der Waals surface area contributed by atoms with Crippen LogP contribution in [0.25, 0.3) is 11.3 Å². The SMILES string of the molecule is Cc1nc(-c2ccc(Cl)cc2Cl)ccc1C(=N)N. The third kappa shape index (κ3) is 2.47. The van der Waals surface area contributed by atoms with Crippen LogP contribution in [0.3, 0.4) is 0 Å². The highest BCUT2D eigenvalue weighted by Crippen LogP contribution is 2.29. The minimum Gasteiger partial charge on any atom is -0.384 e. The highest BCUT2D eigenvalue weighted by atomic mass is 35.5. The van der Waals surface area contributed by atoms with Crippen LogP contribution in [-0.4, -0.2) is 10.8 Å². The molecule has 0 saturated carbocycles. The number of nitrogens with two attached hydrogens (primary N) is 1. The maximum atomic E-state index is 7.42. The number of hydrogen-bond acceptors (Lipinski definition) is 2. The van der Waals surface area contributed by atoms with Gasteiger partial charge in [0, 0.05) is 21.8 Å². The van der Waals surface area contributed by atoms with Gasteiger partial charge in [-0.05, 0) is 37.3 Å². The molecule has 0 aliphatic heterocycles. The topological polar surface area (TPSA) is 62.8 Å². The van der Waals surface area contributed by atoms with Crippen LogP contribution in [0, 0.1) is 12.3 Å². The molecule has 0 spiro atoms. The van der Waals surface area contributed by atoms with Crippen molar-refractivity contribution in [1.29, 1.82) is 5.41 Å². The molecule has 0 atom stereocenters. The molecule has 0 saturated heterocycles. The minimum atomic E-state index is 0.00810. The predicted octanol–water partition coefficient (Wildman–Crippen LogP) is 3.65. The van der Waals surface area contributed by atoms with Gasteiger partial charge in [0.15, 0.2) is 0 Å². The van der Waals surface area contributed by atoms with Gasteiger partial charge in [0.2, 0.25) is 0 Å². The van der Waals surface area contributed by atoms with E-state index in [1.54, 1.807) is 24.3 Å². The molecule has 1 aromatic carbocycles. The molecule has 0 aliphatic carbocycles. The summed E-state index contributed by atoms with van der Waals surface area (Å²) in [5.41, 5.74) is 8.32. The molecule has 1 heterocycles. The molecule has 0 aliphatic rings. The van der Waals surface area contributed by atoms with Gasteiger partial charge in [-0.1, -0.05) is 23.2 Å². The molecule has 0 bridgehead atoms. The molecule has 2 aromatic rings. The summed E-state index contributed by atoms with van der Waals surface area (Å²) in [4.78, 5) is 4.41. The number of nitrogen functional groups attached to an aromatic ring is 1. The number of aryl methyl sites for hydroxylation is 1. The van der Waals surface area contributed by atoms with E-state index >= 15 is 0 Å². The molecule has 3 nitrogen and oxygen atoms in total. The zero-order valence-corrected chi connectivity index (χ0v) is 11.2. The van der Waals surface area contributed by atoms with Crippen molar-refractivity contribution >= 4 is 29.0 Å². The van der Waals surface area contributed by atoms with E-state index in [4.69, 9.17) is 34.3 Å². The Bertz CT molecular complexity index is 624. The highest BCUT2D eigenvalue weighted by Gasteiger charge is 2.09. The van der Waals surface area contributed by atoms with Gasteiger partial charge < -0.3 is 5.73 Å². The molecular weight excluding hydrogens is 269 g/mol. The summed E-state index contributed by atoms with van der Waals surface area (Å²) in [7, 11) is 0. The average molecular weight is 280 g/mol. The van der Waals surface area contributed by atoms with Gasteiger partial charge in [0.05, 0.1) is 10.7 Å². The van der Waals surface area contributed by atoms with Crippen molar-refractivity contribution < 1.29 is 0 Å². The molecule has 2 rings (SSSR count). The molecule has 5 heteroatoms. The van der Waals surface area contributed by atoms with Gasteiger partial charge in [-0.15, -0.1) is 0 Å². The van der Waals surface area contributed by atoms with Crippen molar-refractivity contribution in [2.24, 2.45) is 5.73 Å². The zero-order valence-electron chi connectivity index (χ0n) is 9.67. The fourth-order valence-electron chi connectivity index (χ4n) is 1.69. The number of nitrogens with zero attached hydrogens (tertiary/aromatic N) is 1. The second-order valence-electron chi connectivity index (χ2n) is 3.87. The van der Waals surface area contributed by atoms with Gasteiger partial charge in [-0.3, -0.25) is 10.4 Å². The van der Waals surface area contributed by atoms with E-state index in [9.17, 15) is 0 Å². The molecular formula is C13H11Cl2N3. The lowest BCUT2D eigenvalue weighted by Gasteiger charge is -2.08.